The maximum absolute atomic E-state index is 13.8. The quantitative estimate of drug-likeness (QED) is 0.138. The molecule has 4 aromatic rings. The van der Waals surface area contributed by atoms with E-state index < -0.39 is 11.5 Å². The molecule has 1 N–H and O–H groups in total. The molecule has 8 heteroatoms. The van der Waals surface area contributed by atoms with Gasteiger partial charge in [0.25, 0.3) is 0 Å². The minimum atomic E-state index is -0.570. The van der Waals surface area contributed by atoms with Crippen molar-refractivity contribution in [3.05, 3.63) is 88.4 Å². The van der Waals surface area contributed by atoms with Crippen molar-refractivity contribution >= 4 is 28.9 Å². The van der Waals surface area contributed by atoms with Gasteiger partial charge in [-0.15, -0.1) is 11.3 Å². The van der Waals surface area contributed by atoms with E-state index in [2.05, 4.69) is 30.7 Å². The zero-order valence-electron chi connectivity index (χ0n) is 27.4. The summed E-state index contributed by atoms with van der Waals surface area (Å²) >= 11 is 1.50. The third-order valence-electron chi connectivity index (χ3n) is 8.28. The highest BCUT2D eigenvalue weighted by Gasteiger charge is 2.43. The van der Waals surface area contributed by atoms with Gasteiger partial charge in [0.1, 0.15) is 17.1 Å². The first-order valence-corrected chi connectivity index (χ1v) is 16.6. The highest BCUT2D eigenvalue weighted by Crippen LogP contribution is 2.39. The molecule has 46 heavy (non-hydrogen) atoms. The topological polar surface area (TPSA) is 106 Å². The second-order valence-electron chi connectivity index (χ2n) is 14.3. The highest BCUT2D eigenvalue weighted by molar-refractivity contribution is 7.14. The van der Waals surface area contributed by atoms with Gasteiger partial charge in [-0.25, -0.2) is 9.97 Å². The van der Waals surface area contributed by atoms with Crippen LogP contribution < -0.4 is 0 Å². The predicted octanol–water partition coefficient (Wildman–Crippen LogP) is 8.24. The number of phenolic OH excluding ortho intramolecular Hbond substituents is 1. The van der Waals surface area contributed by atoms with Gasteiger partial charge in [-0.2, -0.15) is 0 Å². The Balaban J connectivity index is 1.30. The molecule has 7 nitrogen and oxygen atoms in total. The monoisotopic (exact) mass is 638 g/mol. The summed E-state index contributed by atoms with van der Waals surface area (Å²) in [4.78, 5) is 50.8. The largest absolute Gasteiger partial charge is 0.508 e. The third-order valence-corrected chi connectivity index (χ3v) is 9.83. The van der Waals surface area contributed by atoms with Crippen molar-refractivity contribution in [3.63, 3.8) is 0 Å². The maximum Gasteiger partial charge on any atom is 0.309 e. The molecule has 1 aliphatic rings. The average molecular weight is 639 g/mol. The van der Waals surface area contributed by atoms with Gasteiger partial charge >= 0.3 is 5.97 Å². The fraction of sp³-hybridized carbons (Fsp3) is 0.395. The van der Waals surface area contributed by atoms with E-state index in [1.165, 1.54) is 11.3 Å². The Morgan fingerprint density at radius 1 is 0.826 bits per heavy atom. The van der Waals surface area contributed by atoms with Gasteiger partial charge in [0.2, 0.25) is 0 Å². The number of benzene rings is 2. The molecule has 1 saturated carbocycles. The molecule has 2 aromatic carbocycles. The second kappa shape index (κ2) is 13.3. The number of aromatic hydroxyl groups is 1. The van der Waals surface area contributed by atoms with E-state index in [-0.39, 0.29) is 47.0 Å². The summed E-state index contributed by atoms with van der Waals surface area (Å²) in [7, 11) is 0. The van der Waals surface area contributed by atoms with Crippen LogP contribution in [0.5, 0.6) is 5.75 Å². The number of hydrogen-bond acceptors (Lipinski definition) is 8. The van der Waals surface area contributed by atoms with Crippen molar-refractivity contribution in [1.82, 2.24) is 9.97 Å². The van der Waals surface area contributed by atoms with Crippen LogP contribution in [0, 0.1) is 17.8 Å². The van der Waals surface area contributed by atoms with E-state index in [1.54, 1.807) is 24.5 Å². The van der Waals surface area contributed by atoms with Gasteiger partial charge in [0, 0.05) is 46.7 Å². The maximum atomic E-state index is 13.8. The van der Waals surface area contributed by atoms with Crippen molar-refractivity contribution in [2.75, 3.05) is 0 Å². The molecule has 0 radical (unpaired) electrons. The number of carbonyl (C=O) groups excluding carboxylic acids is 3. The Bertz CT molecular complexity index is 1690. The summed E-state index contributed by atoms with van der Waals surface area (Å²) in [5, 5.41) is 9.55. The van der Waals surface area contributed by atoms with Crippen molar-refractivity contribution in [2.45, 2.75) is 78.2 Å². The molecule has 1 fully saturated rings. The second-order valence-corrected chi connectivity index (χ2v) is 15.4. The van der Waals surface area contributed by atoms with Crippen molar-refractivity contribution in [3.8, 4) is 28.3 Å². The zero-order chi connectivity index (χ0) is 33.2. The van der Waals surface area contributed by atoms with Crippen LogP contribution >= 0.6 is 11.3 Å². The number of nitrogens with zero attached hydrogens (tertiary/aromatic N) is 2. The standard InChI is InChI=1S/C38H42N2O5S/c1-37(2,3)33-16-15-32(46-33)31(42)20-26(34(43)27-18-28(19-27)36(44)45-38(4,5)6)17-23-7-9-25(10-8-23)35-39-21-29(22-40-35)24-11-13-30(41)14-12-24/h7-16,21-22,26-28,41H,17-20H2,1-6H3/t26-,27?,28?/m1/s1. The van der Waals surface area contributed by atoms with Crippen LogP contribution in [0.2, 0.25) is 0 Å². The normalized spacial score (nSPS) is 17.2. The van der Waals surface area contributed by atoms with Crippen molar-refractivity contribution in [1.29, 1.82) is 0 Å². The SMILES string of the molecule is CC(C)(C)OC(=O)C1CC(C(=O)[C@@H](CC(=O)c2ccc(C(C)(C)C)s2)Cc2ccc(-c3ncc(-c4ccc(O)cc4)cn3)cc2)C1. The molecule has 0 bridgehead atoms. The Labute approximate surface area is 275 Å². The Hall–Kier alpha value is -4.17. The number of ketones is 2. The van der Waals surface area contributed by atoms with Gasteiger partial charge in [0.15, 0.2) is 11.6 Å². The van der Waals surface area contributed by atoms with Crippen LogP contribution in [0.1, 0.15) is 80.9 Å². The average Bonchev–Trinajstić information content (AvgIpc) is 3.48. The molecule has 5 rings (SSSR count). The number of hydrogen-bond donors (Lipinski definition) is 1. The zero-order valence-corrected chi connectivity index (χ0v) is 28.2. The number of thiophene rings is 1. The number of esters is 1. The van der Waals surface area contributed by atoms with Crippen LogP contribution in [0.15, 0.2) is 73.1 Å². The lowest BCUT2D eigenvalue weighted by molar-refractivity contribution is -0.165. The van der Waals surface area contributed by atoms with Crippen LogP contribution in [0.4, 0.5) is 0 Å². The van der Waals surface area contributed by atoms with Gasteiger partial charge in [-0.1, -0.05) is 57.2 Å². The molecule has 2 heterocycles. The minimum absolute atomic E-state index is 0.0272. The molecule has 2 aromatic heterocycles. The first kappa shape index (κ1) is 33.2. The first-order valence-electron chi connectivity index (χ1n) is 15.8. The third kappa shape index (κ3) is 8.15. The summed E-state index contributed by atoms with van der Waals surface area (Å²) in [6, 6.07) is 18.6. The summed E-state index contributed by atoms with van der Waals surface area (Å²) in [6.07, 6.45) is 4.98. The van der Waals surface area contributed by atoms with Gasteiger partial charge in [0.05, 0.1) is 10.8 Å². The summed E-state index contributed by atoms with van der Waals surface area (Å²) in [6.45, 7) is 11.9. The Morgan fingerprint density at radius 2 is 1.43 bits per heavy atom. The number of aromatic nitrogens is 2. The van der Waals surface area contributed by atoms with Crippen molar-refractivity contribution < 1.29 is 24.2 Å². The lowest BCUT2D eigenvalue weighted by Crippen LogP contribution is -2.41. The lowest BCUT2D eigenvalue weighted by Gasteiger charge is -2.36. The van der Waals surface area contributed by atoms with Crippen LogP contribution in [-0.2, 0) is 26.2 Å². The molecule has 240 valence electrons. The fourth-order valence-corrected chi connectivity index (χ4v) is 6.62. The Kier molecular flexibility index (Phi) is 9.59. The molecular formula is C38H42N2O5S. The van der Waals surface area contributed by atoms with E-state index in [0.29, 0.717) is 30.0 Å². The van der Waals surface area contributed by atoms with Crippen LogP contribution in [0.3, 0.4) is 0 Å². The number of phenols is 1. The number of carbonyl (C=O) groups is 3. The van der Waals surface area contributed by atoms with E-state index in [4.69, 9.17) is 4.74 Å². The molecule has 0 amide bonds. The Morgan fingerprint density at radius 3 is 2.00 bits per heavy atom. The van der Waals surface area contributed by atoms with Crippen LogP contribution in [-0.4, -0.2) is 38.2 Å². The van der Waals surface area contributed by atoms with Crippen LogP contribution in [0.25, 0.3) is 22.5 Å². The molecule has 0 spiro atoms. The van der Waals surface area contributed by atoms with E-state index in [0.717, 1.165) is 27.1 Å². The summed E-state index contributed by atoms with van der Waals surface area (Å²) in [5.74, 6) is -0.506. The smallest absolute Gasteiger partial charge is 0.309 e. The lowest BCUT2D eigenvalue weighted by atomic mass is 9.69. The fourth-order valence-electron chi connectivity index (χ4n) is 5.60. The van der Waals surface area contributed by atoms with Gasteiger partial charge in [-0.3, -0.25) is 14.4 Å². The molecule has 0 aliphatic heterocycles. The molecule has 0 saturated heterocycles. The first-order chi connectivity index (χ1) is 21.7. The van der Waals surface area contributed by atoms with Crippen molar-refractivity contribution in [2.24, 2.45) is 17.8 Å². The molecule has 0 unspecified atom stereocenters. The minimum Gasteiger partial charge on any atom is -0.508 e. The predicted molar refractivity (Wildman–Crippen MR) is 181 cm³/mol. The van der Waals surface area contributed by atoms with E-state index in [1.807, 2.05) is 69.3 Å². The number of Topliss-reactive ketones (excluding diaryl/α,β-unsaturated/α-hetero) is 2. The molecule has 1 aliphatic carbocycles. The molecular weight excluding hydrogens is 596 g/mol. The summed E-state index contributed by atoms with van der Waals surface area (Å²) < 4.78 is 5.54. The van der Waals surface area contributed by atoms with E-state index in [9.17, 15) is 19.5 Å². The number of rotatable bonds is 10. The summed E-state index contributed by atoms with van der Waals surface area (Å²) in [5.41, 5.74) is 2.91. The highest BCUT2D eigenvalue weighted by atomic mass is 32.1. The van der Waals surface area contributed by atoms with E-state index >= 15 is 0 Å². The van der Waals surface area contributed by atoms with Gasteiger partial charge < -0.3 is 9.84 Å². The van der Waals surface area contributed by atoms with Gasteiger partial charge in [-0.05, 0) is 80.8 Å². The number of ether oxygens (including phenoxy) is 1. The molecule has 1 atom stereocenters.